The van der Waals surface area contributed by atoms with Crippen LogP contribution in [0.15, 0.2) is 71.6 Å². The molecule has 3 aromatic carbocycles. The highest BCUT2D eigenvalue weighted by molar-refractivity contribution is 7.92. The second kappa shape index (κ2) is 9.97. The van der Waals surface area contributed by atoms with Gasteiger partial charge in [0.15, 0.2) is 0 Å². The van der Waals surface area contributed by atoms with Crippen LogP contribution in [0.1, 0.15) is 48.1 Å². The Balaban J connectivity index is 1.56. The summed E-state index contributed by atoms with van der Waals surface area (Å²) in [6.07, 6.45) is 4.50. The first-order chi connectivity index (χ1) is 16.2. The number of carbonyl (C=O) groups is 1. The van der Waals surface area contributed by atoms with Crippen LogP contribution in [-0.2, 0) is 27.7 Å². The Labute approximate surface area is 200 Å². The summed E-state index contributed by atoms with van der Waals surface area (Å²) < 4.78 is 41.3. The third kappa shape index (κ3) is 5.30. The van der Waals surface area contributed by atoms with Gasteiger partial charge in [0.2, 0.25) is 5.91 Å². The number of amides is 1. The van der Waals surface area contributed by atoms with Crippen molar-refractivity contribution in [2.45, 2.75) is 50.5 Å². The molecule has 0 fully saturated rings. The van der Waals surface area contributed by atoms with E-state index in [4.69, 9.17) is 0 Å². The normalized spacial score (nSPS) is 14.2. The summed E-state index contributed by atoms with van der Waals surface area (Å²) in [5, 5.41) is 2.94. The van der Waals surface area contributed by atoms with Crippen molar-refractivity contribution in [2.75, 3.05) is 10.8 Å². The number of benzene rings is 3. The summed E-state index contributed by atoms with van der Waals surface area (Å²) in [5.74, 6) is -0.950. The number of aryl methyl sites for hydroxylation is 3. The first kappa shape index (κ1) is 24.0. The zero-order valence-electron chi connectivity index (χ0n) is 19.4. The number of anilines is 1. The van der Waals surface area contributed by atoms with E-state index in [1.165, 1.54) is 36.1 Å². The number of hydrogen-bond donors (Lipinski definition) is 1. The molecule has 34 heavy (non-hydrogen) atoms. The van der Waals surface area contributed by atoms with Gasteiger partial charge in [-0.1, -0.05) is 35.9 Å². The number of fused-ring (bicyclic) bond motifs is 1. The van der Waals surface area contributed by atoms with Gasteiger partial charge in [-0.2, -0.15) is 0 Å². The van der Waals surface area contributed by atoms with E-state index in [-0.39, 0.29) is 10.9 Å². The molecule has 1 aliphatic rings. The van der Waals surface area contributed by atoms with Crippen LogP contribution in [0, 0.1) is 12.7 Å². The van der Waals surface area contributed by atoms with Crippen molar-refractivity contribution in [3.63, 3.8) is 0 Å². The fourth-order valence-corrected chi connectivity index (χ4v) is 5.70. The molecule has 0 bridgehead atoms. The SMILES string of the molecule is Cc1ccc(N(CC(=O)N[C@H](C)c2ccc3c(c2)CCCC3)S(=O)(=O)c2ccc(F)cc2)cc1. The molecule has 0 saturated carbocycles. The Morgan fingerprint density at radius 2 is 1.62 bits per heavy atom. The Bertz CT molecular complexity index is 1270. The van der Waals surface area contributed by atoms with Crippen LogP contribution in [0.3, 0.4) is 0 Å². The standard InChI is InChI=1S/C27H29FN2O3S/c1-19-7-13-25(14-8-19)30(34(32,33)26-15-11-24(28)12-16-26)18-27(31)29-20(2)22-10-9-21-5-3-4-6-23(21)17-22/h7-17,20H,3-6,18H2,1-2H3,(H,29,31)/t20-/m1/s1. The van der Waals surface area contributed by atoms with Gasteiger partial charge in [-0.25, -0.2) is 12.8 Å². The van der Waals surface area contributed by atoms with Crippen molar-refractivity contribution in [2.24, 2.45) is 0 Å². The van der Waals surface area contributed by atoms with Crippen molar-refractivity contribution < 1.29 is 17.6 Å². The van der Waals surface area contributed by atoms with Crippen molar-refractivity contribution in [3.8, 4) is 0 Å². The molecule has 1 N–H and O–H groups in total. The molecule has 1 aliphatic carbocycles. The van der Waals surface area contributed by atoms with E-state index in [9.17, 15) is 17.6 Å². The number of nitrogens with zero attached hydrogens (tertiary/aromatic N) is 1. The average molecular weight is 481 g/mol. The minimum atomic E-state index is -4.09. The summed E-state index contributed by atoms with van der Waals surface area (Å²) in [4.78, 5) is 12.9. The average Bonchev–Trinajstić information content (AvgIpc) is 2.83. The van der Waals surface area contributed by atoms with Gasteiger partial charge in [-0.15, -0.1) is 0 Å². The van der Waals surface area contributed by atoms with E-state index in [1.807, 2.05) is 19.9 Å². The Morgan fingerprint density at radius 3 is 2.29 bits per heavy atom. The highest BCUT2D eigenvalue weighted by Gasteiger charge is 2.28. The van der Waals surface area contributed by atoms with Crippen LogP contribution in [0.2, 0.25) is 0 Å². The summed E-state index contributed by atoms with van der Waals surface area (Å²) >= 11 is 0. The van der Waals surface area contributed by atoms with Gasteiger partial charge >= 0.3 is 0 Å². The van der Waals surface area contributed by atoms with Gasteiger partial charge in [0.1, 0.15) is 12.4 Å². The Hall–Kier alpha value is -3.19. The van der Waals surface area contributed by atoms with E-state index in [0.717, 1.165) is 40.4 Å². The van der Waals surface area contributed by atoms with E-state index < -0.39 is 28.3 Å². The smallest absolute Gasteiger partial charge is 0.264 e. The lowest BCUT2D eigenvalue weighted by molar-refractivity contribution is -0.120. The molecule has 7 heteroatoms. The van der Waals surface area contributed by atoms with E-state index >= 15 is 0 Å². The number of nitrogens with one attached hydrogen (secondary N) is 1. The van der Waals surface area contributed by atoms with E-state index in [0.29, 0.717) is 5.69 Å². The second-order valence-corrected chi connectivity index (χ2v) is 10.7. The molecule has 1 amide bonds. The van der Waals surface area contributed by atoms with Crippen LogP contribution >= 0.6 is 0 Å². The Kier molecular flexibility index (Phi) is 7.03. The number of carbonyl (C=O) groups excluding carboxylic acids is 1. The van der Waals surface area contributed by atoms with Crippen LogP contribution in [0.4, 0.5) is 10.1 Å². The van der Waals surface area contributed by atoms with Crippen molar-refractivity contribution in [1.82, 2.24) is 5.32 Å². The molecule has 0 heterocycles. The van der Waals surface area contributed by atoms with Gasteiger partial charge in [-0.05, 0) is 92.6 Å². The molecule has 0 aliphatic heterocycles. The molecule has 5 nitrogen and oxygen atoms in total. The number of rotatable bonds is 7. The van der Waals surface area contributed by atoms with Crippen molar-refractivity contribution in [3.05, 3.63) is 94.8 Å². The third-order valence-electron chi connectivity index (χ3n) is 6.26. The quantitative estimate of drug-likeness (QED) is 0.513. The van der Waals surface area contributed by atoms with Crippen molar-refractivity contribution >= 4 is 21.6 Å². The van der Waals surface area contributed by atoms with E-state index in [1.54, 1.807) is 24.3 Å². The predicted octanol–water partition coefficient (Wildman–Crippen LogP) is 5.09. The lowest BCUT2D eigenvalue weighted by atomic mass is 9.89. The molecule has 1 atom stereocenters. The zero-order chi connectivity index (χ0) is 24.3. The zero-order valence-corrected chi connectivity index (χ0v) is 20.2. The van der Waals surface area contributed by atoms with Gasteiger partial charge in [-0.3, -0.25) is 9.10 Å². The maximum atomic E-state index is 13.4. The monoisotopic (exact) mass is 480 g/mol. The van der Waals surface area contributed by atoms with Crippen LogP contribution < -0.4 is 9.62 Å². The predicted molar refractivity (Wildman–Crippen MR) is 132 cm³/mol. The number of sulfonamides is 1. The maximum absolute atomic E-state index is 13.4. The molecular formula is C27H29FN2O3S. The summed E-state index contributed by atoms with van der Waals surface area (Å²) in [6, 6.07) is 17.5. The maximum Gasteiger partial charge on any atom is 0.264 e. The van der Waals surface area contributed by atoms with Crippen LogP contribution in [0.25, 0.3) is 0 Å². The minimum absolute atomic E-state index is 0.0787. The van der Waals surface area contributed by atoms with Crippen LogP contribution in [-0.4, -0.2) is 20.9 Å². The molecule has 0 radical (unpaired) electrons. The third-order valence-corrected chi connectivity index (χ3v) is 8.05. The molecular weight excluding hydrogens is 451 g/mol. The topological polar surface area (TPSA) is 66.5 Å². The summed E-state index contributed by atoms with van der Waals surface area (Å²) in [5.41, 5.74) is 5.02. The number of halogens is 1. The fraction of sp³-hybridized carbons (Fsp3) is 0.296. The second-order valence-electron chi connectivity index (χ2n) is 8.83. The molecule has 3 aromatic rings. The lowest BCUT2D eigenvalue weighted by Crippen LogP contribution is -2.41. The molecule has 0 spiro atoms. The van der Waals surface area contributed by atoms with Crippen LogP contribution in [0.5, 0.6) is 0 Å². The van der Waals surface area contributed by atoms with Gasteiger partial charge < -0.3 is 5.32 Å². The van der Waals surface area contributed by atoms with Gasteiger partial charge in [0.05, 0.1) is 16.6 Å². The highest BCUT2D eigenvalue weighted by atomic mass is 32.2. The number of hydrogen-bond acceptors (Lipinski definition) is 3. The first-order valence-corrected chi connectivity index (χ1v) is 12.9. The summed E-state index contributed by atoms with van der Waals surface area (Å²) in [6.45, 7) is 3.40. The Morgan fingerprint density at radius 1 is 0.971 bits per heavy atom. The summed E-state index contributed by atoms with van der Waals surface area (Å²) in [7, 11) is -4.09. The fourth-order valence-electron chi connectivity index (χ4n) is 4.28. The molecule has 0 unspecified atom stereocenters. The molecule has 0 aromatic heterocycles. The molecule has 4 rings (SSSR count). The first-order valence-electron chi connectivity index (χ1n) is 11.5. The van der Waals surface area contributed by atoms with Gasteiger partial charge in [0, 0.05) is 0 Å². The lowest BCUT2D eigenvalue weighted by Gasteiger charge is -2.25. The highest BCUT2D eigenvalue weighted by Crippen LogP contribution is 2.26. The largest absolute Gasteiger partial charge is 0.348 e. The van der Waals surface area contributed by atoms with Gasteiger partial charge in [0.25, 0.3) is 10.0 Å². The molecule has 178 valence electrons. The minimum Gasteiger partial charge on any atom is -0.348 e. The van der Waals surface area contributed by atoms with E-state index in [2.05, 4.69) is 17.4 Å². The van der Waals surface area contributed by atoms with Crippen molar-refractivity contribution in [1.29, 1.82) is 0 Å². The molecule has 0 saturated heterocycles.